The molecule has 4 nitrogen and oxygen atoms in total. The summed E-state index contributed by atoms with van der Waals surface area (Å²) in [7, 11) is 0. The van der Waals surface area contributed by atoms with E-state index in [2.05, 4.69) is 12.2 Å². The van der Waals surface area contributed by atoms with Crippen molar-refractivity contribution in [2.24, 2.45) is 0 Å². The highest BCUT2D eigenvalue weighted by atomic mass is 16.5. The molecule has 0 saturated carbocycles. The number of unbranched alkanes of at least 4 members (excludes halogenated alkanes) is 3. The number of amides is 2. The predicted molar refractivity (Wildman–Crippen MR) is 58.9 cm³/mol. The van der Waals surface area contributed by atoms with Crippen LogP contribution < -0.4 is 5.32 Å². The largest absolute Gasteiger partial charge is 0.378 e. The highest BCUT2D eigenvalue weighted by Gasteiger charge is 2.16. The van der Waals surface area contributed by atoms with Gasteiger partial charge in [0.05, 0.1) is 13.2 Å². The minimum absolute atomic E-state index is 0.0604. The molecule has 87 valence electrons. The molecule has 1 radical (unpaired) electrons. The standard InChI is InChI=1S/C11H21N2O2/c1-2-3-4-5-6-12-11(14)13-7-9-15-10-8-13/h2-10H2,1H3. The van der Waals surface area contributed by atoms with E-state index in [4.69, 9.17) is 4.74 Å². The third-order valence-electron chi connectivity index (χ3n) is 2.54. The summed E-state index contributed by atoms with van der Waals surface area (Å²) >= 11 is 0. The van der Waals surface area contributed by atoms with Gasteiger partial charge in [-0.05, 0) is 6.42 Å². The number of nitrogens with zero attached hydrogens (tertiary/aromatic N) is 2. The van der Waals surface area contributed by atoms with E-state index in [1.807, 2.05) is 0 Å². The molecule has 15 heavy (non-hydrogen) atoms. The van der Waals surface area contributed by atoms with Gasteiger partial charge in [-0.2, -0.15) is 0 Å². The van der Waals surface area contributed by atoms with Gasteiger partial charge in [-0.15, -0.1) is 0 Å². The highest BCUT2D eigenvalue weighted by molar-refractivity contribution is 5.73. The molecule has 1 rings (SSSR count). The maximum absolute atomic E-state index is 11.5. The van der Waals surface area contributed by atoms with Gasteiger partial charge in [0.25, 0.3) is 0 Å². The van der Waals surface area contributed by atoms with Gasteiger partial charge in [0.1, 0.15) is 0 Å². The van der Waals surface area contributed by atoms with Crippen molar-refractivity contribution >= 4 is 6.03 Å². The van der Waals surface area contributed by atoms with Crippen LogP contribution in [0.1, 0.15) is 32.6 Å². The van der Waals surface area contributed by atoms with Gasteiger partial charge < -0.3 is 9.64 Å². The lowest BCUT2D eigenvalue weighted by molar-refractivity contribution is 0.0530. The molecule has 0 aromatic heterocycles. The van der Waals surface area contributed by atoms with E-state index in [1.165, 1.54) is 19.3 Å². The summed E-state index contributed by atoms with van der Waals surface area (Å²) in [6.45, 7) is 5.54. The molecule has 1 fully saturated rings. The SMILES string of the molecule is CCCCCC[N]C(=O)N1CCOCC1. The van der Waals surface area contributed by atoms with Crippen molar-refractivity contribution in [1.82, 2.24) is 10.2 Å². The van der Waals surface area contributed by atoms with Gasteiger partial charge in [0, 0.05) is 19.6 Å². The van der Waals surface area contributed by atoms with Gasteiger partial charge in [-0.3, -0.25) is 0 Å². The number of hydrogen-bond donors (Lipinski definition) is 0. The third-order valence-corrected chi connectivity index (χ3v) is 2.54. The van der Waals surface area contributed by atoms with Crippen molar-refractivity contribution in [3.05, 3.63) is 0 Å². The highest BCUT2D eigenvalue weighted by Crippen LogP contribution is 2.00. The van der Waals surface area contributed by atoms with E-state index in [-0.39, 0.29) is 6.03 Å². The van der Waals surface area contributed by atoms with Crippen molar-refractivity contribution in [2.75, 3.05) is 32.8 Å². The van der Waals surface area contributed by atoms with Crippen molar-refractivity contribution in [3.8, 4) is 0 Å². The number of carbonyl (C=O) groups excluding carboxylic acids is 1. The minimum Gasteiger partial charge on any atom is -0.378 e. The molecule has 1 saturated heterocycles. The van der Waals surface area contributed by atoms with E-state index in [1.54, 1.807) is 4.90 Å². The topological polar surface area (TPSA) is 43.6 Å². The molecule has 0 aromatic carbocycles. The Hall–Kier alpha value is -0.770. The number of rotatable bonds is 5. The van der Waals surface area contributed by atoms with E-state index in [0.29, 0.717) is 32.8 Å². The van der Waals surface area contributed by atoms with Crippen molar-refractivity contribution in [2.45, 2.75) is 32.6 Å². The Morgan fingerprint density at radius 1 is 1.27 bits per heavy atom. The molecule has 1 aliphatic rings. The number of ether oxygens (including phenoxy) is 1. The summed E-state index contributed by atoms with van der Waals surface area (Å²) in [6.07, 6.45) is 4.67. The molecule has 2 amide bonds. The lowest BCUT2D eigenvalue weighted by atomic mass is 10.2. The van der Waals surface area contributed by atoms with E-state index < -0.39 is 0 Å². The Kier molecular flexibility index (Phi) is 6.16. The maximum Gasteiger partial charge on any atom is 0.339 e. The molecule has 0 aromatic rings. The van der Waals surface area contributed by atoms with Gasteiger partial charge in [-0.1, -0.05) is 26.2 Å². The van der Waals surface area contributed by atoms with Crippen molar-refractivity contribution < 1.29 is 9.53 Å². The second-order valence-corrected chi connectivity index (χ2v) is 3.82. The zero-order chi connectivity index (χ0) is 10.9. The first-order valence-electron chi connectivity index (χ1n) is 5.88. The quantitative estimate of drug-likeness (QED) is 0.651. The zero-order valence-corrected chi connectivity index (χ0v) is 9.57. The second-order valence-electron chi connectivity index (χ2n) is 3.82. The van der Waals surface area contributed by atoms with Crippen LogP contribution >= 0.6 is 0 Å². The second kappa shape index (κ2) is 7.51. The number of hydrogen-bond acceptors (Lipinski definition) is 2. The lowest BCUT2D eigenvalue weighted by Crippen LogP contribution is -2.43. The molecule has 0 unspecified atom stereocenters. The third kappa shape index (κ3) is 5.02. The molecule has 0 atom stereocenters. The van der Waals surface area contributed by atoms with Crippen LogP contribution in [0, 0.1) is 0 Å². The normalized spacial score (nSPS) is 16.5. The number of carbonyl (C=O) groups is 1. The molecule has 0 bridgehead atoms. The average Bonchev–Trinajstić information content (AvgIpc) is 2.30. The summed E-state index contributed by atoms with van der Waals surface area (Å²) in [5.41, 5.74) is 0. The smallest absolute Gasteiger partial charge is 0.339 e. The Balaban J connectivity index is 2.02. The summed E-state index contributed by atoms with van der Waals surface area (Å²) < 4.78 is 5.17. The summed E-state index contributed by atoms with van der Waals surface area (Å²) in [5, 5.41) is 4.05. The monoisotopic (exact) mass is 213 g/mol. The Bertz CT molecular complexity index is 179. The summed E-state index contributed by atoms with van der Waals surface area (Å²) in [5.74, 6) is 0. The first kappa shape index (κ1) is 12.3. The first-order chi connectivity index (χ1) is 7.34. The van der Waals surface area contributed by atoms with Crippen LogP contribution in [0.5, 0.6) is 0 Å². The molecular formula is C11H21N2O2. The summed E-state index contributed by atoms with van der Waals surface area (Å²) in [6, 6.07) is -0.0604. The van der Waals surface area contributed by atoms with Crippen LogP contribution in [0.4, 0.5) is 4.79 Å². The fraction of sp³-hybridized carbons (Fsp3) is 0.909. The van der Waals surface area contributed by atoms with Gasteiger partial charge >= 0.3 is 6.03 Å². The van der Waals surface area contributed by atoms with Crippen LogP contribution in [-0.2, 0) is 4.74 Å². The average molecular weight is 213 g/mol. The fourth-order valence-electron chi connectivity index (χ4n) is 1.57. The van der Waals surface area contributed by atoms with Crippen molar-refractivity contribution in [1.29, 1.82) is 0 Å². The van der Waals surface area contributed by atoms with Gasteiger partial charge in [0.15, 0.2) is 0 Å². The number of morpholine rings is 1. The molecule has 0 N–H and O–H groups in total. The van der Waals surface area contributed by atoms with Gasteiger partial charge in [-0.25, -0.2) is 10.1 Å². The fourth-order valence-corrected chi connectivity index (χ4v) is 1.57. The maximum atomic E-state index is 11.5. The first-order valence-corrected chi connectivity index (χ1v) is 5.88. The van der Waals surface area contributed by atoms with Gasteiger partial charge in [0.2, 0.25) is 0 Å². The Morgan fingerprint density at radius 2 is 2.00 bits per heavy atom. The molecular weight excluding hydrogens is 192 g/mol. The van der Waals surface area contributed by atoms with Crippen molar-refractivity contribution in [3.63, 3.8) is 0 Å². The Morgan fingerprint density at radius 3 is 2.67 bits per heavy atom. The molecule has 0 spiro atoms. The van der Waals surface area contributed by atoms with Crippen LogP contribution in [0.2, 0.25) is 0 Å². The van der Waals surface area contributed by atoms with E-state index in [9.17, 15) is 4.79 Å². The lowest BCUT2D eigenvalue weighted by Gasteiger charge is -2.25. The van der Waals surface area contributed by atoms with Crippen LogP contribution in [0.25, 0.3) is 0 Å². The number of urea groups is 1. The Labute approximate surface area is 92.0 Å². The molecule has 1 heterocycles. The molecule has 0 aliphatic carbocycles. The summed E-state index contributed by atoms with van der Waals surface area (Å²) in [4.78, 5) is 13.3. The predicted octanol–water partition coefficient (Wildman–Crippen LogP) is 1.62. The van der Waals surface area contributed by atoms with E-state index >= 15 is 0 Å². The zero-order valence-electron chi connectivity index (χ0n) is 9.57. The van der Waals surface area contributed by atoms with Crippen LogP contribution in [-0.4, -0.2) is 43.8 Å². The van der Waals surface area contributed by atoms with Crippen LogP contribution in [0.15, 0.2) is 0 Å². The minimum atomic E-state index is -0.0604. The molecule has 4 heteroatoms. The van der Waals surface area contributed by atoms with E-state index in [0.717, 1.165) is 6.42 Å². The van der Waals surface area contributed by atoms with Crippen LogP contribution in [0.3, 0.4) is 0 Å². The molecule has 1 aliphatic heterocycles.